The molecule has 1 aliphatic carbocycles. The third-order valence-electron chi connectivity index (χ3n) is 3.08. The molecule has 2 N–H and O–H groups in total. The molecule has 2 rings (SSSR count). The maximum absolute atomic E-state index is 5.91. The van der Waals surface area contributed by atoms with Gasteiger partial charge in [-0.25, -0.2) is 0 Å². The van der Waals surface area contributed by atoms with E-state index in [0.717, 1.165) is 18.6 Å². The molecule has 0 aliphatic heterocycles. The molecule has 0 bridgehead atoms. The van der Waals surface area contributed by atoms with Gasteiger partial charge >= 0.3 is 0 Å². The van der Waals surface area contributed by atoms with Crippen LogP contribution >= 0.6 is 24.2 Å². The summed E-state index contributed by atoms with van der Waals surface area (Å²) < 4.78 is 5.36. The van der Waals surface area contributed by atoms with Crippen molar-refractivity contribution in [2.45, 2.75) is 41.9 Å². The van der Waals surface area contributed by atoms with Gasteiger partial charge in [-0.1, -0.05) is 12.1 Å². The summed E-state index contributed by atoms with van der Waals surface area (Å²) in [5.74, 6) is 0.988. The van der Waals surface area contributed by atoms with Crippen molar-refractivity contribution in [3.63, 3.8) is 0 Å². The number of para-hydroxylation sites is 1. The first-order valence-electron chi connectivity index (χ1n) is 5.85. The van der Waals surface area contributed by atoms with Gasteiger partial charge in [0.15, 0.2) is 0 Å². The van der Waals surface area contributed by atoms with E-state index in [1.165, 1.54) is 17.7 Å². The van der Waals surface area contributed by atoms with Gasteiger partial charge in [0.05, 0.1) is 7.11 Å². The highest BCUT2D eigenvalue weighted by molar-refractivity contribution is 8.00. The van der Waals surface area contributed by atoms with Crippen LogP contribution in [0.5, 0.6) is 5.75 Å². The summed E-state index contributed by atoms with van der Waals surface area (Å²) >= 11 is 1.94. The van der Waals surface area contributed by atoms with Crippen molar-refractivity contribution in [3.05, 3.63) is 24.3 Å². The fraction of sp³-hybridized carbons (Fsp3) is 0.538. The van der Waals surface area contributed by atoms with Crippen LogP contribution in [0.1, 0.15) is 25.7 Å². The van der Waals surface area contributed by atoms with E-state index in [4.69, 9.17) is 10.5 Å². The van der Waals surface area contributed by atoms with Gasteiger partial charge in [-0.2, -0.15) is 0 Å². The van der Waals surface area contributed by atoms with Crippen molar-refractivity contribution in [1.29, 1.82) is 0 Å². The van der Waals surface area contributed by atoms with E-state index in [9.17, 15) is 0 Å². The van der Waals surface area contributed by atoms with Crippen LogP contribution < -0.4 is 10.5 Å². The van der Waals surface area contributed by atoms with Crippen LogP contribution in [0.3, 0.4) is 0 Å². The predicted molar refractivity (Wildman–Crippen MR) is 76.3 cm³/mol. The summed E-state index contributed by atoms with van der Waals surface area (Å²) in [6.07, 6.45) is 4.77. The number of hydrogen-bond acceptors (Lipinski definition) is 3. The van der Waals surface area contributed by atoms with E-state index in [2.05, 4.69) is 12.1 Å². The maximum atomic E-state index is 5.91. The Hall–Kier alpha value is -0.380. The van der Waals surface area contributed by atoms with E-state index in [-0.39, 0.29) is 12.4 Å². The number of rotatable bonds is 3. The standard InChI is InChI=1S/C13H19NOS.ClH/c1-15-12-4-2-3-5-13(12)16-11-8-6-10(14)7-9-11;/h2-5,10-11H,6-9,14H2,1H3;1H. The van der Waals surface area contributed by atoms with Gasteiger partial charge in [-0.3, -0.25) is 0 Å². The Morgan fingerprint density at radius 3 is 2.47 bits per heavy atom. The molecule has 0 spiro atoms. The summed E-state index contributed by atoms with van der Waals surface area (Å²) in [7, 11) is 1.73. The molecule has 2 nitrogen and oxygen atoms in total. The highest BCUT2D eigenvalue weighted by atomic mass is 35.5. The Balaban J connectivity index is 0.00000144. The second kappa shape index (κ2) is 7.14. The number of benzene rings is 1. The van der Waals surface area contributed by atoms with Crippen LogP contribution in [0.2, 0.25) is 0 Å². The molecule has 17 heavy (non-hydrogen) atoms. The Kier molecular flexibility index (Phi) is 6.17. The lowest BCUT2D eigenvalue weighted by atomic mass is 9.96. The molecule has 0 atom stereocenters. The summed E-state index contributed by atoms with van der Waals surface area (Å²) in [5, 5.41) is 0.705. The van der Waals surface area contributed by atoms with Gasteiger partial charge in [0, 0.05) is 16.2 Å². The summed E-state index contributed by atoms with van der Waals surface area (Å²) in [6, 6.07) is 8.67. The lowest BCUT2D eigenvalue weighted by Crippen LogP contribution is -2.27. The van der Waals surface area contributed by atoms with Gasteiger partial charge in [-0.05, 0) is 37.8 Å². The van der Waals surface area contributed by atoms with Crippen molar-refractivity contribution in [2.75, 3.05) is 7.11 Å². The highest BCUT2D eigenvalue weighted by Crippen LogP contribution is 2.37. The number of hydrogen-bond donors (Lipinski definition) is 1. The molecule has 96 valence electrons. The molecule has 1 aliphatic rings. The second-order valence-electron chi connectivity index (χ2n) is 4.31. The molecule has 1 aromatic carbocycles. The third-order valence-corrected chi connectivity index (χ3v) is 4.48. The Morgan fingerprint density at radius 2 is 1.82 bits per heavy atom. The largest absolute Gasteiger partial charge is 0.496 e. The average molecular weight is 274 g/mol. The predicted octanol–water partition coefficient (Wildman–Crippen LogP) is 3.48. The fourth-order valence-corrected chi connectivity index (χ4v) is 3.39. The molecule has 0 unspecified atom stereocenters. The minimum Gasteiger partial charge on any atom is -0.496 e. The molecular formula is C13H20ClNOS. The van der Waals surface area contributed by atoms with Crippen LogP contribution in [0, 0.1) is 0 Å². The van der Waals surface area contributed by atoms with Crippen LogP contribution in [0.25, 0.3) is 0 Å². The molecular weight excluding hydrogens is 254 g/mol. The molecule has 1 aromatic rings. The van der Waals surface area contributed by atoms with Crippen molar-refractivity contribution in [2.24, 2.45) is 5.73 Å². The van der Waals surface area contributed by atoms with E-state index in [1.54, 1.807) is 7.11 Å². The molecule has 4 heteroatoms. The van der Waals surface area contributed by atoms with E-state index in [1.807, 2.05) is 23.9 Å². The number of halogens is 1. The van der Waals surface area contributed by atoms with Gasteiger partial charge in [0.1, 0.15) is 5.75 Å². The number of thioether (sulfide) groups is 1. The zero-order chi connectivity index (χ0) is 11.4. The topological polar surface area (TPSA) is 35.2 Å². The normalized spacial score (nSPS) is 23.9. The smallest absolute Gasteiger partial charge is 0.132 e. The van der Waals surface area contributed by atoms with Crippen molar-refractivity contribution < 1.29 is 4.74 Å². The zero-order valence-corrected chi connectivity index (χ0v) is 11.7. The molecule has 0 amide bonds. The third kappa shape index (κ3) is 4.09. The highest BCUT2D eigenvalue weighted by Gasteiger charge is 2.20. The second-order valence-corrected chi connectivity index (χ2v) is 5.65. The Bertz CT molecular complexity index is 340. The van der Waals surface area contributed by atoms with Gasteiger partial charge < -0.3 is 10.5 Å². The van der Waals surface area contributed by atoms with Gasteiger partial charge in [0.25, 0.3) is 0 Å². The van der Waals surface area contributed by atoms with E-state index >= 15 is 0 Å². The lowest BCUT2D eigenvalue weighted by molar-refractivity contribution is 0.404. The quantitative estimate of drug-likeness (QED) is 0.916. The van der Waals surface area contributed by atoms with Gasteiger partial charge in [-0.15, -0.1) is 24.2 Å². The van der Waals surface area contributed by atoms with Crippen LogP contribution in [0.4, 0.5) is 0 Å². The molecule has 0 heterocycles. The molecule has 0 saturated heterocycles. The molecule has 1 saturated carbocycles. The Labute approximate surface area is 114 Å². The van der Waals surface area contributed by atoms with Crippen LogP contribution in [-0.4, -0.2) is 18.4 Å². The first-order chi connectivity index (χ1) is 7.79. The molecule has 0 aromatic heterocycles. The van der Waals surface area contributed by atoms with E-state index in [0.29, 0.717) is 11.3 Å². The number of nitrogens with two attached hydrogens (primary N) is 1. The van der Waals surface area contributed by atoms with E-state index < -0.39 is 0 Å². The number of methoxy groups -OCH3 is 1. The average Bonchev–Trinajstić information content (AvgIpc) is 2.33. The summed E-state index contributed by atoms with van der Waals surface area (Å²) in [6.45, 7) is 0. The minimum atomic E-state index is 0. The molecule has 0 radical (unpaired) electrons. The summed E-state index contributed by atoms with van der Waals surface area (Å²) in [4.78, 5) is 1.26. The Morgan fingerprint density at radius 1 is 1.18 bits per heavy atom. The van der Waals surface area contributed by atoms with Crippen molar-refractivity contribution in [1.82, 2.24) is 0 Å². The summed E-state index contributed by atoms with van der Waals surface area (Å²) in [5.41, 5.74) is 5.91. The van der Waals surface area contributed by atoms with Crippen molar-refractivity contribution >= 4 is 24.2 Å². The minimum absolute atomic E-state index is 0. The lowest BCUT2D eigenvalue weighted by Gasteiger charge is -2.25. The first-order valence-corrected chi connectivity index (χ1v) is 6.73. The zero-order valence-electron chi connectivity index (χ0n) is 10.1. The molecule has 1 fully saturated rings. The number of ether oxygens (including phenoxy) is 1. The van der Waals surface area contributed by atoms with Gasteiger partial charge in [0.2, 0.25) is 0 Å². The maximum Gasteiger partial charge on any atom is 0.132 e. The van der Waals surface area contributed by atoms with Crippen LogP contribution in [-0.2, 0) is 0 Å². The monoisotopic (exact) mass is 273 g/mol. The fourth-order valence-electron chi connectivity index (χ4n) is 2.10. The van der Waals surface area contributed by atoms with Crippen molar-refractivity contribution in [3.8, 4) is 5.75 Å². The van der Waals surface area contributed by atoms with Crippen LogP contribution in [0.15, 0.2) is 29.2 Å². The SMILES string of the molecule is COc1ccccc1SC1CCC(N)CC1.Cl. The first kappa shape index (κ1) is 14.7.